The second kappa shape index (κ2) is 11.1. The van der Waals surface area contributed by atoms with Gasteiger partial charge in [-0.05, 0) is 79.4 Å². The number of rotatable bonds is 8. The van der Waals surface area contributed by atoms with Crippen molar-refractivity contribution in [2.75, 3.05) is 13.3 Å². The van der Waals surface area contributed by atoms with Crippen molar-refractivity contribution in [1.82, 2.24) is 4.90 Å². The van der Waals surface area contributed by atoms with Gasteiger partial charge in [0.15, 0.2) is 5.17 Å². The van der Waals surface area contributed by atoms with Gasteiger partial charge >= 0.3 is 13.2 Å². The molecule has 0 spiro atoms. The maximum Gasteiger partial charge on any atom is 0.494 e. The van der Waals surface area contributed by atoms with Crippen LogP contribution in [-0.2, 0) is 29.1 Å². The number of hydrogen-bond donors (Lipinski definition) is 1. The average molecular weight is 636 g/mol. The molecule has 1 saturated carbocycles. The van der Waals surface area contributed by atoms with Crippen molar-refractivity contribution >= 4 is 49.6 Å². The molecule has 2 fully saturated rings. The first-order valence-corrected chi connectivity index (χ1v) is 19.4. The van der Waals surface area contributed by atoms with E-state index in [1.165, 1.54) is 11.0 Å². The van der Waals surface area contributed by atoms with E-state index in [9.17, 15) is 9.59 Å². The quantitative estimate of drug-likeness (QED) is 0.236. The fourth-order valence-corrected chi connectivity index (χ4v) is 7.53. The van der Waals surface area contributed by atoms with Gasteiger partial charge in [-0.2, -0.15) is 0 Å². The van der Waals surface area contributed by atoms with E-state index in [0.29, 0.717) is 18.5 Å². The molecule has 2 aliphatic heterocycles. The van der Waals surface area contributed by atoms with Crippen molar-refractivity contribution in [1.29, 1.82) is 0 Å². The van der Waals surface area contributed by atoms with Crippen LogP contribution in [-0.4, -0.2) is 72.1 Å². The minimum absolute atomic E-state index is 0.128. The molecule has 3 aliphatic rings. The van der Waals surface area contributed by atoms with Crippen LogP contribution < -0.4 is 11.2 Å². The molecular formula is C30H47BFN3O6SSi. The zero-order chi connectivity index (χ0) is 32.4. The SMILES string of the molecule is CC(C)(C)OC(=O)N(COCC[Si](C)(C)C)C1=N[C@](C)(c2cc(B3OC(C)(C)C(C)(C)O3)ccc2F)[C@@H]2C[C@]2(C(N)=O)S1. The van der Waals surface area contributed by atoms with Crippen LogP contribution in [0.15, 0.2) is 23.2 Å². The van der Waals surface area contributed by atoms with Crippen molar-refractivity contribution < 1.29 is 32.8 Å². The number of thioether (sulfide) groups is 1. The molecule has 238 valence electrons. The van der Waals surface area contributed by atoms with E-state index in [4.69, 9.17) is 29.5 Å². The predicted molar refractivity (Wildman–Crippen MR) is 172 cm³/mol. The summed E-state index contributed by atoms with van der Waals surface area (Å²) in [5.41, 5.74) is 3.71. The number of ether oxygens (including phenoxy) is 2. The van der Waals surface area contributed by atoms with Crippen LogP contribution in [0.1, 0.15) is 67.4 Å². The lowest BCUT2D eigenvalue weighted by Crippen LogP contribution is -2.48. The second-order valence-corrected chi connectivity index (χ2v) is 22.2. The summed E-state index contributed by atoms with van der Waals surface area (Å²) in [6.07, 6.45) is -0.283. The molecule has 2 heterocycles. The summed E-state index contributed by atoms with van der Waals surface area (Å²) >= 11 is 1.13. The normalized spacial score (nSPS) is 27.8. The molecule has 2 N–H and O–H groups in total. The zero-order valence-corrected chi connectivity index (χ0v) is 29.2. The topological polar surface area (TPSA) is 113 Å². The summed E-state index contributed by atoms with van der Waals surface area (Å²) < 4.78 is 38.9. The fraction of sp³-hybridized carbons (Fsp3) is 0.700. The Labute approximate surface area is 261 Å². The van der Waals surface area contributed by atoms with Gasteiger partial charge in [0.25, 0.3) is 0 Å². The number of nitrogens with zero attached hydrogens (tertiary/aromatic N) is 2. The summed E-state index contributed by atoms with van der Waals surface area (Å²) in [5.74, 6) is -1.41. The van der Waals surface area contributed by atoms with Gasteiger partial charge in [0, 0.05) is 26.2 Å². The first-order chi connectivity index (χ1) is 19.5. The van der Waals surface area contributed by atoms with E-state index in [1.807, 2.05) is 27.7 Å². The van der Waals surface area contributed by atoms with Crippen molar-refractivity contribution in [3.05, 3.63) is 29.6 Å². The molecule has 1 aromatic carbocycles. The third-order valence-corrected chi connectivity index (χ3v) is 11.9. The highest BCUT2D eigenvalue weighted by Gasteiger charge is 2.71. The minimum atomic E-state index is -1.39. The number of carbonyl (C=O) groups excluding carboxylic acids is 2. The van der Waals surface area contributed by atoms with Gasteiger partial charge < -0.3 is 24.5 Å². The fourth-order valence-electron chi connectivity index (χ4n) is 5.25. The highest BCUT2D eigenvalue weighted by molar-refractivity contribution is 8.16. The van der Waals surface area contributed by atoms with E-state index in [0.717, 1.165) is 17.8 Å². The van der Waals surface area contributed by atoms with Gasteiger partial charge in [-0.15, -0.1) is 0 Å². The van der Waals surface area contributed by atoms with Gasteiger partial charge in [-0.3, -0.25) is 9.79 Å². The molecule has 13 heteroatoms. The standard InChI is InChI=1S/C30H47BFN3O6SSi/c1-26(2,3)39-25(37)35(18-38-14-15-43(9,10)11)24-34-29(8,22-17-30(22,42-24)23(33)36)20-16-19(12-13-21(20)32)31-40-27(4,5)28(6,7)41-31/h12-13,16,22H,14-15,17-18H2,1-11H3,(H2,33,36)/t22-,29+,30-/m0/s1. The van der Waals surface area contributed by atoms with E-state index in [2.05, 4.69) is 19.6 Å². The molecule has 1 aliphatic carbocycles. The lowest BCUT2D eigenvalue weighted by Gasteiger charge is -2.37. The summed E-state index contributed by atoms with van der Waals surface area (Å²) in [6.45, 7) is 22.0. The molecule has 1 saturated heterocycles. The maximum atomic E-state index is 15.8. The lowest BCUT2D eigenvalue weighted by molar-refractivity contribution is -0.118. The highest BCUT2D eigenvalue weighted by Crippen LogP contribution is 2.66. The number of hydrogen-bond acceptors (Lipinski definition) is 8. The highest BCUT2D eigenvalue weighted by atomic mass is 32.2. The first-order valence-electron chi connectivity index (χ1n) is 14.8. The molecule has 1 aromatic rings. The molecule has 9 nitrogen and oxygen atoms in total. The Morgan fingerprint density at radius 2 is 1.77 bits per heavy atom. The molecule has 43 heavy (non-hydrogen) atoms. The largest absolute Gasteiger partial charge is 0.494 e. The van der Waals surface area contributed by atoms with E-state index in [-0.39, 0.29) is 23.4 Å². The van der Waals surface area contributed by atoms with Crippen LogP contribution in [0.5, 0.6) is 0 Å². The summed E-state index contributed by atoms with van der Waals surface area (Å²) in [7, 11) is -2.11. The number of amidine groups is 1. The summed E-state index contributed by atoms with van der Waals surface area (Å²) in [4.78, 5) is 32.8. The number of aliphatic imine (C=N–C) groups is 1. The first kappa shape index (κ1) is 34.0. The molecule has 0 unspecified atom stereocenters. The van der Waals surface area contributed by atoms with E-state index in [1.54, 1.807) is 39.8 Å². The third-order valence-electron chi connectivity index (χ3n) is 8.73. The van der Waals surface area contributed by atoms with Crippen LogP contribution in [0.4, 0.5) is 9.18 Å². The molecule has 0 aromatic heterocycles. The number of primary amides is 1. The van der Waals surface area contributed by atoms with E-state index >= 15 is 4.39 Å². The Morgan fingerprint density at radius 3 is 2.30 bits per heavy atom. The van der Waals surface area contributed by atoms with Gasteiger partial charge in [-0.1, -0.05) is 43.5 Å². The molecular weight excluding hydrogens is 588 g/mol. The van der Waals surface area contributed by atoms with Crippen LogP contribution in [0, 0.1) is 11.7 Å². The summed E-state index contributed by atoms with van der Waals surface area (Å²) in [6, 6.07) is 5.61. The lowest BCUT2D eigenvalue weighted by atomic mass is 9.75. The summed E-state index contributed by atoms with van der Waals surface area (Å²) in [5, 5.41) is 0.206. The Hall–Kier alpha value is -1.93. The van der Waals surface area contributed by atoms with Gasteiger partial charge in [0.05, 0.1) is 16.7 Å². The number of halogens is 1. The third kappa shape index (κ3) is 6.85. The van der Waals surface area contributed by atoms with Crippen molar-refractivity contribution in [3.63, 3.8) is 0 Å². The van der Waals surface area contributed by atoms with Crippen molar-refractivity contribution in [2.24, 2.45) is 16.6 Å². The number of carbonyl (C=O) groups is 2. The average Bonchev–Trinajstić information content (AvgIpc) is 3.54. The molecule has 4 rings (SSSR count). The minimum Gasteiger partial charge on any atom is -0.443 e. The maximum absolute atomic E-state index is 15.8. The second-order valence-electron chi connectivity index (χ2n) is 15.2. The van der Waals surface area contributed by atoms with Crippen molar-refractivity contribution in [2.45, 2.75) is 115 Å². The Balaban J connectivity index is 1.76. The Kier molecular flexibility index (Phi) is 8.80. The molecule has 0 bridgehead atoms. The van der Waals surface area contributed by atoms with Crippen LogP contribution in [0.2, 0.25) is 25.7 Å². The monoisotopic (exact) mass is 635 g/mol. The molecule has 0 radical (unpaired) electrons. The van der Waals surface area contributed by atoms with Gasteiger partial charge in [0.2, 0.25) is 5.91 Å². The van der Waals surface area contributed by atoms with Crippen molar-refractivity contribution in [3.8, 4) is 0 Å². The zero-order valence-electron chi connectivity index (χ0n) is 27.4. The van der Waals surface area contributed by atoms with Crippen LogP contribution >= 0.6 is 11.8 Å². The molecule has 3 atom stereocenters. The Bertz CT molecular complexity index is 1300. The van der Waals surface area contributed by atoms with Crippen LogP contribution in [0.25, 0.3) is 0 Å². The number of fused-ring (bicyclic) bond motifs is 1. The van der Waals surface area contributed by atoms with Gasteiger partial charge in [-0.25, -0.2) is 14.1 Å². The predicted octanol–water partition coefficient (Wildman–Crippen LogP) is 5.24. The Morgan fingerprint density at radius 1 is 1.16 bits per heavy atom. The van der Waals surface area contributed by atoms with Gasteiger partial charge in [0.1, 0.15) is 22.9 Å². The smallest absolute Gasteiger partial charge is 0.443 e. The number of nitrogens with two attached hydrogens (primary N) is 1. The number of benzene rings is 1. The molecule has 2 amide bonds. The van der Waals surface area contributed by atoms with E-state index < -0.39 is 60.1 Å². The van der Waals surface area contributed by atoms with Crippen LogP contribution in [0.3, 0.4) is 0 Å². The number of amides is 2.